The Morgan fingerprint density at radius 3 is 2.74 bits per heavy atom. The standard InChI is InChI=1S/C15H22N4O3.ClH/c1-3-15(16,4-2)10-17-12(20)5-6-13-18-14(19-22-13)11-7-8-21-9-11;/h7-9H,3-6,10,16H2,1-2H3,(H,17,20);1H. The Kier molecular flexibility index (Phi) is 7.25. The number of aromatic nitrogens is 2. The van der Waals surface area contributed by atoms with Gasteiger partial charge in [-0.2, -0.15) is 4.98 Å². The summed E-state index contributed by atoms with van der Waals surface area (Å²) in [5, 5.41) is 6.71. The van der Waals surface area contributed by atoms with Crippen LogP contribution in [0.3, 0.4) is 0 Å². The number of amides is 1. The second kappa shape index (κ2) is 8.69. The van der Waals surface area contributed by atoms with Crippen LogP contribution in [0.15, 0.2) is 27.5 Å². The third-order valence-electron chi connectivity index (χ3n) is 3.86. The Morgan fingerprint density at radius 1 is 1.39 bits per heavy atom. The molecule has 0 aliphatic rings. The SMILES string of the molecule is CCC(N)(CC)CNC(=O)CCc1nc(-c2ccoc2)no1.Cl. The zero-order valence-corrected chi connectivity index (χ0v) is 14.2. The van der Waals surface area contributed by atoms with Crippen LogP contribution in [0.4, 0.5) is 0 Å². The molecule has 2 aromatic heterocycles. The Bertz CT molecular complexity index is 594. The van der Waals surface area contributed by atoms with E-state index in [1.165, 1.54) is 6.26 Å². The minimum absolute atomic E-state index is 0. The Morgan fingerprint density at radius 2 is 2.13 bits per heavy atom. The zero-order valence-electron chi connectivity index (χ0n) is 13.4. The third kappa shape index (κ3) is 5.37. The first-order chi connectivity index (χ1) is 10.6. The molecule has 7 nitrogen and oxygen atoms in total. The van der Waals surface area contributed by atoms with Gasteiger partial charge in [-0.05, 0) is 18.9 Å². The molecule has 3 N–H and O–H groups in total. The molecule has 0 bridgehead atoms. The minimum atomic E-state index is -0.339. The van der Waals surface area contributed by atoms with Crippen molar-refractivity contribution in [3.63, 3.8) is 0 Å². The predicted octanol–water partition coefficient (Wildman–Crippen LogP) is 2.32. The number of carbonyl (C=O) groups excluding carboxylic acids is 1. The van der Waals surface area contributed by atoms with Gasteiger partial charge in [0.25, 0.3) is 0 Å². The number of hydrogen-bond donors (Lipinski definition) is 2. The smallest absolute Gasteiger partial charge is 0.227 e. The van der Waals surface area contributed by atoms with Gasteiger partial charge in [0.15, 0.2) is 0 Å². The number of furan rings is 1. The first-order valence-corrected chi connectivity index (χ1v) is 7.47. The summed E-state index contributed by atoms with van der Waals surface area (Å²) in [5.41, 5.74) is 6.55. The molecule has 0 fully saturated rings. The molecular formula is C15H23ClN4O3. The van der Waals surface area contributed by atoms with E-state index in [0.717, 1.165) is 18.4 Å². The monoisotopic (exact) mass is 342 g/mol. The molecule has 0 saturated carbocycles. The van der Waals surface area contributed by atoms with Crippen LogP contribution >= 0.6 is 12.4 Å². The highest BCUT2D eigenvalue weighted by Crippen LogP contribution is 2.16. The number of hydrogen-bond acceptors (Lipinski definition) is 6. The minimum Gasteiger partial charge on any atom is -0.472 e. The lowest BCUT2D eigenvalue weighted by Gasteiger charge is -2.26. The van der Waals surface area contributed by atoms with Crippen LogP contribution in [0.1, 0.15) is 39.0 Å². The fourth-order valence-electron chi connectivity index (χ4n) is 1.95. The number of nitrogens with one attached hydrogen (secondary N) is 1. The number of nitrogens with zero attached hydrogens (tertiary/aromatic N) is 2. The summed E-state index contributed by atoms with van der Waals surface area (Å²) in [5.74, 6) is 0.818. The molecule has 0 aromatic carbocycles. The summed E-state index contributed by atoms with van der Waals surface area (Å²) in [4.78, 5) is 16.1. The summed E-state index contributed by atoms with van der Waals surface area (Å²) >= 11 is 0. The Balaban J connectivity index is 0.00000264. The maximum Gasteiger partial charge on any atom is 0.227 e. The maximum absolute atomic E-state index is 11.9. The van der Waals surface area contributed by atoms with Crippen LogP contribution in [0.2, 0.25) is 0 Å². The van der Waals surface area contributed by atoms with Crippen LogP contribution in [0.5, 0.6) is 0 Å². The van der Waals surface area contributed by atoms with Crippen molar-refractivity contribution in [3.8, 4) is 11.4 Å². The molecule has 2 aromatic rings. The van der Waals surface area contributed by atoms with E-state index < -0.39 is 0 Å². The van der Waals surface area contributed by atoms with E-state index >= 15 is 0 Å². The number of nitrogens with two attached hydrogens (primary N) is 1. The van der Waals surface area contributed by atoms with Crippen molar-refractivity contribution in [1.29, 1.82) is 0 Å². The van der Waals surface area contributed by atoms with Gasteiger partial charge in [0.1, 0.15) is 6.26 Å². The molecule has 0 atom stereocenters. The van der Waals surface area contributed by atoms with E-state index in [4.69, 9.17) is 14.7 Å². The quantitative estimate of drug-likeness (QED) is 0.762. The van der Waals surface area contributed by atoms with E-state index in [0.29, 0.717) is 24.7 Å². The highest BCUT2D eigenvalue weighted by Gasteiger charge is 2.21. The van der Waals surface area contributed by atoms with Gasteiger partial charge in [-0.15, -0.1) is 12.4 Å². The Labute approximate surface area is 141 Å². The second-order valence-electron chi connectivity index (χ2n) is 5.37. The molecule has 8 heteroatoms. The van der Waals surface area contributed by atoms with Gasteiger partial charge in [0, 0.05) is 24.9 Å². The number of carbonyl (C=O) groups is 1. The van der Waals surface area contributed by atoms with Gasteiger partial charge in [-0.3, -0.25) is 4.79 Å². The van der Waals surface area contributed by atoms with Gasteiger partial charge in [-0.1, -0.05) is 19.0 Å². The molecule has 1 amide bonds. The van der Waals surface area contributed by atoms with Crippen molar-refractivity contribution in [2.45, 2.75) is 45.1 Å². The lowest BCUT2D eigenvalue weighted by atomic mass is 9.94. The van der Waals surface area contributed by atoms with Gasteiger partial charge >= 0.3 is 0 Å². The molecule has 0 spiro atoms. The summed E-state index contributed by atoms with van der Waals surface area (Å²) in [6.45, 7) is 4.51. The molecule has 0 aliphatic carbocycles. The molecule has 23 heavy (non-hydrogen) atoms. The molecule has 0 radical (unpaired) electrons. The number of halogens is 1. The highest BCUT2D eigenvalue weighted by atomic mass is 35.5. The first kappa shape index (κ1) is 19.2. The highest BCUT2D eigenvalue weighted by molar-refractivity contribution is 5.85. The maximum atomic E-state index is 11.9. The lowest BCUT2D eigenvalue weighted by Crippen LogP contribution is -2.49. The molecule has 2 rings (SSSR count). The first-order valence-electron chi connectivity index (χ1n) is 7.47. The predicted molar refractivity (Wildman–Crippen MR) is 88.1 cm³/mol. The average molecular weight is 343 g/mol. The molecule has 0 aliphatic heterocycles. The number of aryl methyl sites for hydroxylation is 1. The fourth-order valence-corrected chi connectivity index (χ4v) is 1.95. The molecular weight excluding hydrogens is 320 g/mol. The van der Waals surface area contributed by atoms with Crippen molar-refractivity contribution in [2.75, 3.05) is 6.54 Å². The van der Waals surface area contributed by atoms with E-state index in [2.05, 4.69) is 15.5 Å². The summed E-state index contributed by atoms with van der Waals surface area (Å²) < 4.78 is 10.1. The van der Waals surface area contributed by atoms with Crippen molar-refractivity contribution in [2.24, 2.45) is 5.73 Å². The normalized spacial score (nSPS) is 11.1. The summed E-state index contributed by atoms with van der Waals surface area (Å²) in [6.07, 6.45) is 5.41. The van der Waals surface area contributed by atoms with Gasteiger partial charge in [0.2, 0.25) is 17.6 Å². The van der Waals surface area contributed by atoms with Crippen molar-refractivity contribution in [3.05, 3.63) is 24.5 Å². The van der Waals surface area contributed by atoms with E-state index in [9.17, 15) is 4.79 Å². The summed E-state index contributed by atoms with van der Waals surface area (Å²) in [6, 6.07) is 1.75. The van der Waals surface area contributed by atoms with E-state index in [1.54, 1.807) is 12.3 Å². The van der Waals surface area contributed by atoms with E-state index in [1.807, 2.05) is 13.8 Å². The third-order valence-corrected chi connectivity index (χ3v) is 3.86. The van der Waals surface area contributed by atoms with Crippen molar-refractivity contribution in [1.82, 2.24) is 15.5 Å². The second-order valence-corrected chi connectivity index (χ2v) is 5.37. The fraction of sp³-hybridized carbons (Fsp3) is 0.533. The number of rotatable bonds is 8. The van der Waals surface area contributed by atoms with Crippen LogP contribution < -0.4 is 11.1 Å². The van der Waals surface area contributed by atoms with Gasteiger partial charge < -0.3 is 20.0 Å². The van der Waals surface area contributed by atoms with Gasteiger partial charge in [-0.25, -0.2) is 0 Å². The van der Waals surface area contributed by atoms with Crippen LogP contribution in [0.25, 0.3) is 11.4 Å². The lowest BCUT2D eigenvalue weighted by molar-refractivity contribution is -0.121. The van der Waals surface area contributed by atoms with Crippen LogP contribution in [-0.2, 0) is 11.2 Å². The van der Waals surface area contributed by atoms with Gasteiger partial charge in [0.05, 0.1) is 11.8 Å². The molecule has 0 saturated heterocycles. The molecule has 128 valence electrons. The van der Waals surface area contributed by atoms with Crippen LogP contribution in [0, 0.1) is 0 Å². The van der Waals surface area contributed by atoms with Crippen molar-refractivity contribution < 1.29 is 13.7 Å². The zero-order chi connectivity index (χ0) is 16.0. The topological polar surface area (TPSA) is 107 Å². The largest absolute Gasteiger partial charge is 0.472 e. The summed E-state index contributed by atoms with van der Waals surface area (Å²) in [7, 11) is 0. The van der Waals surface area contributed by atoms with Crippen molar-refractivity contribution >= 4 is 18.3 Å². The Hall–Kier alpha value is -1.86. The molecule has 2 heterocycles. The average Bonchev–Trinajstić information content (AvgIpc) is 3.21. The molecule has 0 unspecified atom stereocenters. The van der Waals surface area contributed by atoms with E-state index in [-0.39, 0.29) is 30.3 Å². The van der Waals surface area contributed by atoms with Crippen LogP contribution in [-0.4, -0.2) is 28.1 Å².